The molecule has 0 atom stereocenters. The van der Waals surface area contributed by atoms with Crippen molar-refractivity contribution in [2.24, 2.45) is 5.10 Å². The molecule has 2 aromatic rings. The molecule has 132 valence electrons. The largest absolute Gasteiger partial charge is 0.372 e. The van der Waals surface area contributed by atoms with Gasteiger partial charge in [-0.3, -0.25) is 4.79 Å². The Labute approximate surface area is 153 Å². The topological polar surface area (TPSA) is 44.7 Å². The number of carbonyl (C=O) groups is 1. The van der Waals surface area contributed by atoms with E-state index in [1.165, 1.54) is 29.8 Å². The number of piperidine rings is 1. The highest BCUT2D eigenvalue weighted by Crippen LogP contribution is 2.20. The molecule has 0 saturated carbocycles. The van der Waals surface area contributed by atoms with Crippen LogP contribution in [0.25, 0.3) is 0 Å². The minimum atomic E-state index is -0.153. The van der Waals surface area contributed by atoms with E-state index in [1.54, 1.807) is 11.3 Å². The Morgan fingerprint density at radius 3 is 2.52 bits per heavy atom. The SMILES string of the molecule is CCc1cc(C(=O)N/N=C(\C)c2ccc(N3CCCCC3)cc2)cs1. The van der Waals surface area contributed by atoms with Gasteiger partial charge in [0.1, 0.15) is 0 Å². The molecule has 4 nitrogen and oxygen atoms in total. The van der Waals surface area contributed by atoms with Crippen LogP contribution in [0.5, 0.6) is 0 Å². The van der Waals surface area contributed by atoms with E-state index in [1.807, 2.05) is 18.4 Å². The lowest BCUT2D eigenvalue weighted by atomic mass is 10.1. The van der Waals surface area contributed by atoms with Crippen LogP contribution >= 0.6 is 11.3 Å². The molecular formula is C20H25N3OS. The highest BCUT2D eigenvalue weighted by Gasteiger charge is 2.11. The molecule has 0 aliphatic carbocycles. The molecule has 3 rings (SSSR count). The second-order valence-electron chi connectivity index (χ2n) is 6.39. The average molecular weight is 356 g/mol. The molecule has 1 aromatic heterocycles. The van der Waals surface area contributed by atoms with Gasteiger partial charge in [-0.25, -0.2) is 5.43 Å². The second kappa shape index (κ2) is 8.30. The van der Waals surface area contributed by atoms with E-state index in [9.17, 15) is 4.79 Å². The van der Waals surface area contributed by atoms with Crippen molar-refractivity contribution in [1.29, 1.82) is 0 Å². The first-order valence-electron chi connectivity index (χ1n) is 8.95. The van der Waals surface area contributed by atoms with Crippen LogP contribution in [0.3, 0.4) is 0 Å². The number of thiophene rings is 1. The zero-order valence-corrected chi connectivity index (χ0v) is 15.7. The highest BCUT2D eigenvalue weighted by atomic mass is 32.1. The Hall–Kier alpha value is -2.14. The van der Waals surface area contributed by atoms with Crippen LogP contribution in [0.1, 0.15) is 53.9 Å². The van der Waals surface area contributed by atoms with Gasteiger partial charge in [-0.2, -0.15) is 5.10 Å². The van der Waals surface area contributed by atoms with Crippen LogP contribution in [0.15, 0.2) is 40.8 Å². The van der Waals surface area contributed by atoms with E-state index in [0.29, 0.717) is 5.56 Å². The van der Waals surface area contributed by atoms with Gasteiger partial charge in [-0.1, -0.05) is 19.1 Å². The maximum Gasteiger partial charge on any atom is 0.272 e. The summed E-state index contributed by atoms with van der Waals surface area (Å²) < 4.78 is 0. The monoisotopic (exact) mass is 355 g/mol. The zero-order valence-electron chi connectivity index (χ0n) is 14.9. The third kappa shape index (κ3) is 4.48. The number of hydrazone groups is 1. The molecule has 25 heavy (non-hydrogen) atoms. The van der Waals surface area contributed by atoms with Gasteiger partial charge in [0.25, 0.3) is 5.91 Å². The average Bonchev–Trinajstić information content (AvgIpc) is 3.16. The summed E-state index contributed by atoms with van der Waals surface area (Å²) >= 11 is 1.61. The number of nitrogens with one attached hydrogen (secondary N) is 1. The van der Waals surface area contributed by atoms with Crippen molar-refractivity contribution in [3.8, 4) is 0 Å². The molecule has 0 bridgehead atoms. The molecule has 0 radical (unpaired) electrons. The van der Waals surface area contributed by atoms with E-state index in [4.69, 9.17) is 0 Å². The predicted molar refractivity (Wildman–Crippen MR) is 106 cm³/mol. The first-order chi connectivity index (χ1) is 12.2. The standard InChI is InChI=1S/C20H25N3OS/c1-3-19-13-17(14-25-19)20(24)22-21-15(2)16-7-9-18(10-8-16)23-11-5-4-6-12-23/h7-10,13-14H,3-6,11-12H2,1-2H3,(H,22,24)/b21-15+. The smallest absolute Gasteiger partial charge is 0.272 e. The maximum atomic E-state index is 12.2. The Balaban J connectivity index is 1.62. The van der Waals surface area contributed by atoms with Crippen LogP contribution in [0, 0.1) is 0 Å². The minimum Gasteiger partial charge on any atom is -0.372 e. The molecule has 1 amide bonds. The van der Waals surface area contributed by atoms with Gasteiger partial charge < -0.3 is 4.90 Å². The molecule has 0 spiro atoms. The summed E-state index contributed by atoms with van der Waals surface area (Å²) in [5, 5.41) is 6.14. The fraction of sp³-hybridized carbons (Fsp3) is 0.400. The van der Waals surface area contributed by atoms with E-state index in [-0.39, 0.29) is 5.91 Å². The van der Waals surface area contributed by atoms with Crippen molar-refractivity contribution in [2.45, 2.75) is 39.5 Å². The number of benzene rings is 1. The van der Waals surface area contributed by atoms with Gasteiger partial charge in [-0.15, -0.1) is 11.3 Å². The van der Waals surface area contributed by atoms with Crippen molar-refractivity contribution in [1.82, 2.24) is 5.43 Å². The first-order valence-corrected chi connectivity index (χ1v) is 9.82. The number of rotatable bonds is 5. The Morgan fingerprint density at radius 2 is 1.88 bits per heavy atom. The van der Waals surface area contributed by atoms with Gasteiger partial charge in [0.2, 0.25) is 0 Å². The van der Waals surface area contributed by atoms with Crippen LogP contribution in [0.2, 0.25) is 0 Å². The molecule has 1 aliphatic heterocycles. The molecule has 0 unspecified atom stereocenters. The van der Waals surface area contributed by atoms with Gasteiger partial charge in [0, 0.05) is 29.0 Å². The van der Waals surface area contributed by atoms with Crippen molar-refractivity contribution < 1.29 is 4.79 Å². The highest BCUT2D eigenvalue weighted by molar-refractivity contribution is 7.10. The summed E-state index contributed by atoms with van der Waals surface area (Å²) in [6.07, 6.45) is 4.83. The fourth-order valence-electron chi connectivity index (χ4n) is 3.01. The molecule has 5 heteroatoms. The quantitative estimate of drug-likeness (QED) is 0.636. The summed E-state index contributed by atoms with van der Waals surface area (Å²) in [4.78, 5) is 15.8. The van der Waals surface area contributed by atoms with E-state index < -0.39 is 0 Å². The normalized spacial score (nSPS) is 15.3. The van der Waals surface area contributed by atoms with E-state index >= 15 is 0 Å². The lowest BCUT2D eigenvalue weighted by molar-refractivity contribution is 0.0955. The number of hydrogen-bond acceptors (Lipinski definition) is 4. The molecule has 2 heterocycles. The summed E-state index contributed by atoms with van der Waals surface area (Å²) in [5.74, 6) is -0.153. The number of amides is 1. The summed E-state index contributed by atoms with van der Waals surface area (Å²) in [6, 6.07) is 10.4. The third-order valence-corrected chi connectivity index (χ3v) is 5.68. The Bertz CT molecular complexity index is 743. The Kier molecular flexibility index (Phi) is 5.87. The summed E-state index contributed by atoms with van der Waals surface area (Å²) in [6.45, 7) is 6.29. The second-order valence-corrected chi connectivity index (χ2v) is 7.38. The van der Waals surface area contributed by atoms with Gasteiger partial charge in [0.05, 0.1) is 11.3 Å². The van der Waals surface area contributed by atoms with Gasteiger partial charge >= 0.3 is 0 Å². The summed E-state index contributed by atoms with van der Waals surface area (Å²) in [5.41, 5.74) is 6.44. The molecule has 1 saturated heterocycles. The van der Waals surface area contributed by atoms with Crippen molar-refractivity contribution in [3.63, 3.8) is 0 Å². The summed E-state index contributed by atoms with van der Waals surface area (Å²) in [7, 11) is 0. The van der Waals surface area contributed by atoms with Crippen molar-refractivity contribution >= 4 is 28.6 Å². The Morgan fingerprint density at radius 1 is 1.16 bits per heavy atom. The maximum absolute atomic E-state index is 12.2. The van der Waals surface area contributed by atoms with Crippen molar-refractivity contribution in [3.05, 3.63) is 51.7 Å². The lowest BCUT2D eigenvalue weighted by Crippen LogP contribution is -2.29. The molecule has 1 N–H and O–H groups in total. The predicted octanol–water partition coefficient (Wildman–Crippen LogP) is 4.45. The van der Waals surface area contributed by atoms with Crippen LogP contribution in [-0.2, 0) is 6.42 Å². The van der Waals surface area contributed by atoms with Gasteiger partial charge in [0.15, 0.2) is 0 Å². The lowest BCUT2D eigenvalue weighted by Gasteiger charge is -2.28. The van der Waals surface area contributed by atoms with Crippen molar-refractivity contribution in [2.75, 3.05) is 18.0 Å². The van der Waals surface area contributed by atoms with Gasteiger partial charge in [-0.05, 0) is 56.4 Å². The first kappa shape index (κ1) is 17.7. The number of aryl methyl sites for hydroxylation is 1. The zero-order chi connectivity index (χ0) is 17.6. The number of nitrogens with zero attached hydrogens (tertiary/aromatic N) is 2. The van der Waals surface area contributed by atoms with Crippen LogP contribution < -0.4 is 10.3 Å². The van der Waals surface area contributed by atoms with Crippen LogP contribution in [0.4, 0.5) is 5.69 Å². The third-order valence-electron chi connectivity index (χ3n) is 4.60. The van der Waals surface area contributed by atoms with E-state index in [0.717, 1.165) is 30.8 Å². The van der Waals surface area contributed by atoms with Crippen LogP contribution in [-0.4, -0.2) is 24.7 Å². The number of anilines is 1. The number of carbonyl (C=O) groups excluding carboxylic acids is 1. The number of hydrogen-bond donors (Lipinski definition) is 1. The van der Waals surface area contributed by atoms with E-state index in [2.05, 4.69) is 46.6 Å². The minimum absolute atomic E-state index is 0.153. The molecule has 1 aromatic carbocycles. The molecule has 1 aliphatic rings. The fourth-order valence-corrected chi connectivity index (χ4v) is 3.83. The molecular weight excluding hydrogens is 330 g/mol. The molecule has 1 fully saturated rings.